The van der Waals surface area contributed by atoms with Crippen LogP contribution in [0.2, 0.25) is 5.02 Å². The number of nitrogens with zero attached hydrogens (tertiary/aromatic N) is 2. The van der Waals surface area contributed by atoms with E-state index in [1.165, 1.54) is 24.1 Å². The molecule has 2 amide bonds. The van der Waals surface area contributed by atoms with Gasteiger partial charge in [-0.15, -0.1) is 0 Å². The molecule has 40 heavy (non-hydrogen) atoms. The highest BCUT2D eigenvalue weighted by molar-refractivity contribution is 7.92. The van der Waals surface area contributed by atoms with Crippen molar-refractivity contribution in [3.05, 3.63) is 89.4 Å². The van der Waals surface area contributed by atoms with Crippen molar-refractivity contribution >= 4 is 39.1 Å². The average Bonchev–Trinajstić information content (AvgIpc) is 3.48. The summed E-state index contributed by atoms with van der Waals surface area (Å²) in [6.45, 7) is 1.19. The molecule has 0 radical (unpaired) electrons. The number of hydrogen-bond donors (Lipinski definition) is 1. The Morgan fingerprint density at radius 1 is 0.975 bits per heavy atom. The van der Waals surface area contributed by atoms with E-state index in [0.717, 1.165) is 30.0 Å². The lowest BCUT2D eigenvalue weighted by molar-refractivity contribution is -0.139. The highest BCUT2D eigenvalue weighted by atomic mass is 35.5. The van der Waals surface area contributed by atoms with Gasteiger partial charge in [-0.25, -0.2) is 8.42 Å². The van der Waals surface area contributed by atoms with Gasteiger partial charge in [0.1, 0.15) is 18.3 Å². The van der Waals surface area contributed by atoms with E-state index in [9.17, 15) is 18.0 Å². The van der Waals surface area contributed by atoms with E-state index in [1.54, 1.807) is 73.7 Å². The number of anilines is 1. The Balaban J connectivity index is 1.67. The maximum Gasteiger partial charge on any atom is 0.264 e. The molecule has 8 nitrogen and oxygen atoms in total. The number of rotatable bonds is 11. The van der Waals surface area contributed by atoms with Gasteiger partial charge in [0, 0.05) is 17.6 Å². The molecule has 212 valence electrons. The van der Waals surface area contributed by atoms with Crippen molar-refractivity contribution in [2.24, 2.45) is 0 Å². The number of halogens is 1. The van der Waals surface area contributed by atoms with Crippen molar-refractivity contribution in [3.63, 3.8) is 0 Å². The molecular weight excluding hydrogens is 550 g/mol. The Morgan fingerprint density at radius 3 is 2.23 bits per heavy atom. The quantitative estimate of drug-likeness (QED) is 0.342. The number of methoxy groups -OCH3 is 1. The highest BCUT2D eigenvalue weighted by Crippen LogP contribution is 2.26. The summed E-state index contributed by atoms with van der Waals surface area (Å²) in [4.78, 5) is 28.7. The summed E-state index contributed by atoms with van der Waals surface area (Å²) in [5.74, 6) is -0.305. The lowest BCUT2D eigenvalue weighted by atomic mass is 10.1. The first kappa shape index (κ1) is 29.4. The molecule has 0 aliphatic heterocycles. The number of nitrogens with one attached hydrogen (secondary N) is 1. The van der Waals surface area contributed by atoms with E-state index in [4.69, 9.17) is 16.3 Å². The summed E-state index contributed by atoms with van der Waals surface area (Å²) in [7, 11) is -2.65. The lowest BCUT2D eigenvalue weighted by Crippen LogP contribution is -2.52. The van der Waals surface area contributed by atoms with Crippen LogP contribution in [0.5, 0.6) is 5.75 Å². The first-order chi connectivity index (χ1) is 19.2. The standard InChI is InChI=1S/C30H34ClN3O5S/c1-22(30(36)32-24-11-7-8-12-24)33(20-23-10-6-9-15-28(23)31)29(35)21-34(25-13-4-3-5-14-25)40(37,38)27-18-16-26(39-2)17-19-27/h3-6,9-10,13-19,22,24H,7-8,11-12,20-21H2,1-2H3,(H,32,36). The van der Waals surface area contributed by atoms with Crippen LogP contribution >= 0.6 is 11.6 Å². The maximum absolute atomic E-state index is 14.0. The van der Waals surface area contributed by atoms with Crippen LogP contribution in [0.15, 0.2) is 83.8 Å². The van der Waals surface area contributed by atoms with Crippen LogP contribution in [0.3, 0.4) is 0 Å². The summed E-state index contributed by atoms with van der Waals surface area (Å²) in [5.41, 5.74) is 0.981. The molecule has 4 rings (SSSR count). The number of hydrogen-bond acceptors (Lipinski definition) is 5. The molecule has 1 fully saturated rings. The molecule has 0 bridgehead atoms. The Hall–Kier alpha value is -3.56. The molecule has 1 atom stereocenters. The van der Waals surface area contributed by atoms with Gasteiger partial charge < -0.3 is 15.0 Å². The number of amides is 2. The van der Waals surface area contributed by atoms with Crippen LogP contribution in [0.1, 0.15) is 38.2 Å². The molecule has 0 aromatic heterocycles. The number of ether oxygens (including phenoxy) is 1. The smallest absolute Gasteiger partial charge is 0.264 e. The fourth-order valence-corrected chi connectivity index (χ4v) is 6.39. The first-order valence-electron chi connectivity index (χ1n) is 13.3. The number of carbonyl (C=O) groups excluding carboxylic acids is 2. The van der Waals surface area contributed by atoms with Crippen LogP contribution in [-0.4, -0.2) is 50.9 Å². The van der Waals surface area contributed by atoms with Crippen LogP contribution in [-0.2, 0) is 26.2 Å². The molecule has 0 heterocycles. The zero-order valence-electron chi connectivity index (χ0n) is 22.6. The Morgan fingerprint density at radius 2 is 1.60 bits per heavy atom. The van der Waals surface area contributed by atoms with E-state index in [-0.39, 0.29) is 23.4 Å². The number of carbonyl (C=O) groups is 2. The topological polar surface area (TPSA) is 96.0 Å². The van der Waals surface area contributed by atoms with Crippen LogP contribution in [0, 0.1) is 0 Å². The predicted molar refractivity (Wildman–Crippen MR) is 156 cm³/mol. The molecule has 1 saturated carbocycles. The van der Waals surface area contributed by atoms with Crippen molar-refractivity contribution in [2.75, 3.05) is 18.0 Å². The van der Waals surface area contributed by atoms with Gasteiger partial charge in [-0.3, -0.25) is 13.9 Å². The zero-order chi connectivity index (χ0) is 28.7. The van der Waals surface area contributed by atoms with E-state index in [0.29, 0.717) is 22.0 Å². The summed E-state index contributed by atoms with van der Waals surface area (Å²) in [5, 5.41) is 3.51. The van der Waals surface area contributed by atoms with Crippen LogP contribution in [0.4, 0.5) is 5.69 Å². The third kappa shape index (κ3) is 6.95. The number of para-hydroxylation sites is 1. The Kier molecular flexibility index (Phi) is 9.71. The highest BCUT2D eigenvalue weighted by Gasteiger charge is 2.33. The summed E-state index contributed by atoms with van der Waals surface area (Å²) < 4.78 is 33.9. The summed E-state index contributed by atoms with van der Waals surface area (Å²) in [6.07, 6.45) is 3.91. The summed E-state index contributed by atoms with van der Waals surface area (Å²) in [6, 6.07) is 20.7. The second-order valence-electron chi connectivity index (χ2n) is 9.80. The van der Waals surface area contributed by atoms with Crippen LogP contribution < -0.4 is 14.4 Å². The fraction of sp³-hybridized carbons (Fsp3) is 0.333. The van der Waals surface area contributed by atoms with E-state index >= 15 is 0 Å². The SMILES string of the molecule is COc1ccc(S(=O)(=O)N(CC(=O)N(Cc2ccccc2Cl)C(C)C(=O)NC2CCCC2)c2ccccc2)cc1. The van der Waals surface area contributed by atoms with Gasteiger partial charge in [0.2, 0.25) is 11.8 Å². The van der Waals surface area contributed by atoms with Crippen molar-refractivity contribution < 1.29 is 22.7 Å². The minimum atomic E-state index is -4.15. The molecule has 1 aliphatic carbocycles. The molecular formula is C30H34ClN3O5S. The molecule has 1 aliphatic rings. The Bertz CT molecular complexity index is 1410. The van der Waals surface area contributed by atoms with Crippen molar-refractivity contribution in [2.45, 2.75) is 56.1 Å². The van der Waals surface area contributed by atoms with Gasteiger partial charge in [-0.2, -0.15) is 0 Å². The zero-order valence-corrected chi connectivity index (χ0v) is 24.2. The third-order valence-corrected chi connectivity index (χ3v) is 9.29. The number of benzene rings is 3. The monoisotopic (exact) mass is 583 g/mol. The second kappa shape index (κ2) is 13.2. The van der Waals surface area contributed by atoms with Crippen molar-refractivity contribution in [1.29, 1.82) is 0 Å². The molecule has 0 saturated heterocycles. The van der Waals surface area contributed by atoms with Gasteiger partial charge in [-0.1, -0.05) is 60.8 Å². The lowest BCUT2D eigenvalue weighted by Gasteiger charge is -2.32. The van der Waals surface area contributed by atoms with E-state index in [2.05, 4.69) is 5.32 Å². The minimum absolute atomic E-state index is 0.00892. The van der Waals surface area contributed by atoms with Gasteiger partial charge in [-0.05, 0) is 67.8 Å². The largest absolute Gasteiger partial charge is 0.497 e. The van der Waals surface area contributed by atoms with Gasteiger partial charge in [0.15, 0.2) is 0 Å². The van der Waals surface area contributed by atoms with Crippen molar-refractivity contribution in [3.8, 4) is 5.75 Å². The molecule has 10 heteroatoms. The third-order valence-electron chi connectivity index (χ3n) is 7.14. The molecule has 0 spiro atoms. The second-order valence-corrected chi connectivity index (χ2v) is 12.1. The van der Waals surface area contributed by atoms with E-state index in [1.807, 2.05) is 0 Å². The van der Waals surface area contributed by atoms with E-state index < -0.39 is 28.5 Å². The molecule has 1 unspecified atom stereocenters. The molecule has 3 aromatic rings. The summed E-state index contributed by atoms with van der Waals surface area (Å²) >= 11 is 6.42. The molecule has 1 N–H and O–H groups in total. The normalized spacial score (nSPS) is 14.4. The van der Waals surface area contributed by atoms with Crippen molar-refractivity contribution in [1.82, 2.24) is 10.2 Å². The first-order valence-corrected chi connectivity index (χ1v) is 15.1. The van der Waals surface area contributed by atoms with Crippen LogP contribution in [0.25, 0.3) is 0 Å². The minimum Gasteiger partial charge on any atom is -0.497 e. The Labute approximate surface area is 240 Å². The average molecular weight is 584 g/mol. The predicted octanol–water partition coefficient (Wildman–Crippen LogP) is 5.02. The maximum atomic E-state index is 14.0. The van der Waals surface area contributed by atoms with Gasteiger partial charge >= 0.3 is 0 Å². The fourth-order valence-electron chi connectivity index (χ4n) is 4.78. The van der Waals surface area contributed by atoms with Gasteiger partial charge in [0.05, 0.1) is 17.7 Å². The van der Waals surface area contributed by atoms with Gasteiger partial charge in [0.25, 0.3) is 10.0 Å². The molecule has 3 aromatic carbocycles. The number of sulfonamides is 1.